The second-order valence-electron chi connectivity index (χ2n) is 4.92. The molecule has 4 N–H and O–H groups in total. The Hall–Kier alpha value is -1.62. The number of methoxy groups -OCH3 is 1. The topological polar surface area (TPSA) is 126 Å². The number of primary amides is 1. The van der Waals surface area contributed by atoms with Gasteiger partial charge < -0.3 is 20.6 Å². The molecule has 0 radical (unpaired) electrons. The lowest BCUT2D eigenvalue weighted by Crippen LogP contribution is -2.36. The Labute approximate surface area is 147 Å². The minimum absolute atomic E-state index is 0.0945. The van der Waals surface area contributed by atoms with Crippen LogP contribution in [-0.2, 0) is 10.0 Å². The fraction of sp³-hybridized carbons (Fsp3) is 0.357. The van der Waals surface area contributed by atoms with Gasteiger partial charge in [-0.05, 0) is 18.2 Å². The molecule has 1 amide bonds. The van der Waals surface area contributed by atoms with Gasteiger partial charge in [-0.3, -0.25) is 4.79 Å². The second kappa shape index (κ2) is 7.51. The highest BCUT2D eigenvalue weighted by Crippen LogP contribution is 2.32. The van der Waals surface area contributed by atoms with Gasteiger partial charge >= 0.3 is 0 Å². The lowest BCUT2D eigenvalue weighted by atomic mass is 10.2. The lowest BCUT2D eigenvalue weighted by Gasteiger charge is -2.20. The molecule has 0 aliphatic rings. The molecular formula is C14H18BrN3O5S. The highest BCUT2D eigenvalue weighted by Gasteiger charge is 2.32. The van der Waals surface area contributed by atoms with E-state index in [0.29, 0.717) is 22.0 Å². The summed E-state index contributed by atoms with van der Waals surface area (Å²) in [6.07, 6.45) is 0. The van der Waals surface area contributed by atoms with E-state index in [-0.39, 0.29) is 30.3 Å². The maximum absolute atomic E-state index is 13.0. The van der Waals surface area contributed by atoms with Gasteiger partial charge in [0.2, 0.25) is 10.0 Å². The third-order valence-corrected chi connectivity index (χ3v) is 5.83. The first-order chi connectivity index (χ1) is 11.4. The average Bonchev–Trinajstić information content (AvgIpc) is 2.94. The molecule has 2 rings (SSSR count). The molecule has 0 atom stereocenters. The van der Waals surface area contributed by atoms with E-state index in [9.17, 15) is 13.2 Å². The Bertz CT molecular complexity index is 843. The molecule has 132 valence electrons. The number of carbonyl (C=O) groups excluding carboxylic acids is 1. The number of aliphatic hydroxyl groups excluding tert-OH is 1. The van der Waals surface area contributed by atoms with E-state index in [1.165, 1.54) is 13.2 Å². The number of aromatic amines is 1. The van der Waals surface area contributed by atoms with Gasteiger partial charge in [0, 0.05) is 29.3 Å². The zero-order valence-electron chi connectivity index (χ0n) is 13.0. The number of hydrogen-bond acceptors (Lipinski definition) is 5. The standard InChI is InChI=1S/C14H18BrN3O5S/c1-23-9-2-3-11-10(8-9)13(12(17-11)14(16)20)24(21,22)18(5-4-15)6-7-19/h2-3,8,17,19H,4-7H2,1H3,(H2,16,20). The summed E-state index contributed by atoms with van der Waals surface area (Å²) in [5, 5.41) is 9.84. The summed E-state index contributed by atoms with van der Waals surface area (Å²) in [5.41, 5.74) is 5.60. The number of rotatable bonds is 8. The number of aliphatic hydroxyl groups is 1. The number of amides is 1. The smallest absolute Gasteiger partial charge is 0.266 e. The summed E-state index contributed by atoms with van der Waals surface area (Å²) in [5.74, 6) is -0.435. The number of hydrogen-bond donors (Lipinski definition) is 3. The third kappa shape index (κ3) is 3.41. The van der Waals surface area contributed by atoms with Crippen molar-refractivity contribution in [1.29, 1.82) is 0 Å². The first kappa shape index (κ1) is 18.7. The summed E-state index contributed by atoms with van der Waals surface area (Å²) in [7, 11) is -2.60. The molecule has 0 saturated carbocycles. The average molecular weight is 420 g/mol. The van der Waals surface area contributed by atoms with Crippen LogP contribution in [0.5, 0.6) is 5.75 Å². The van der Waals surface area contributed by atoms with E-state index >= 15 is 0 Å². The monoisotopic (exact) mass is 419 g/mol. The normalized spacial score (nSPS) is 12.0. The quantitative estimate of drug-likeness (QED) is 0.541. The number of halogens is 1. The van der Waals surface area contributed by atoms with E-state index in [1.807, 2.05) is 0 Å². The Kier molecular flexibility index (Phi) is 5.86. The lowest BCUT2D eigenvalue weighted by molar-refractivity contribution is 0.0993. The van der Waals surface area contributed by atoms with Gasteiger partial charge in [-0.25, -0.2) is 8.42 Å². The van der Waals surface area contributed by atoms with Crippen LogP contribution in [0.2, 0.25) is 0 Å². The Morgan fingerprint density at radius 2 is 2.12 bits per heavy atom. The highest BCUT2D eigenvalue weighted by atomic mass is 79.9. The van der Waals surface area contributed by atoms with Crippen LogP contribution >= 0.6 is 15.9 Å². The van der Waals surface area contributed by atoms with E-state index in [1.54, 1.807) is 12.1 Å². The molecule has 1 heterocycles. The van der Waals surface area contributed by atoms with Crippen molar-refractivity contribution in [3.05, 3.63) is 23.9 Å². The van der Waals surface area contributed by atoms with Crippen LogP contribution in [-0.4, -0.2) is 60.9 Å². The number of nitrogens with one attached hydrogen (secondary N) is 1. The predicted molar refractivity (Wildman–Crippen MR) is 93.0 cm³/mol. The van der Waals surface area contributed by atoms with E-state index in [2.05, 4.69) is 20.9 Å². The minimum Gasteiger partial charge on any atom is -0.497 e. The largest absolute Gasteiger partial charge is 0.497 e. The van der Waals surface area contributed by atoms with Gasteiger partial charge in [0.1, 0.15) is 16.3 Å². The van der Waals surface area contributed by atoms with Gasteiger partial charge in [0.05, 0.1) is 13.7 Å². The SMILES string of the molecule is COc1ccc2[nH]c(C(N)=O)c(S(=O)(=O)N(CCO)CCBr)c2c1. The van der Waals surface area contributed by atoms with Crippen molar-refractivity contribution < 1.29 is 23.1 Å². The number of H-pyrrole nitrogens is 1. The summed E-state index contributed by atoms with van der Waals surface area (Å²) < 4.78 is 32.3. The number of nitrogens with two attached hydrogens (primary N) is 1. The molecule has 0 spiro atoms. The Morgan fingerprint density at radius 3 is 2.67 bits per heavy atom. The molecule has 24 heavy (non-hydrogen) atoms. The molecule has 0 unspecified atom stereocenters. The number of benzene rings is 1. The third-order valence-electron chi connectivity index (χ3n) is 3.49. The molecular weight excluding hydrogens is 402 g/mol. The Balaban J connectivity index is 2.75. The van der Waals surface area contributed by atoms with Crippen molar-refractivity contribution in [2.24, 2.45) is 5.73 Å². The van der Waals surface area contributed by atoms with Crippen molar-refractivity contribution in [3.63, 3.8) is 0 Å². The number of carbonyl (C=O) groups is 1. The maximum Gasteiger partial charge on any atom is 0.266 e. The van der Waals surface area contributed by atoms with Gasteiger partial charge in [-0.1, -0.05) is 15.9 Å². The van der Waals surface area contributed by atoms with Crippen molar-refractivity contribution in [2.45, 2.75) is 4.90 Å². The van der Waals surface area contributed by atoms with Gasteiger partial charge in [-0.2, -0.15) is 4.31 Å². The number of aromatic nitrogens is 1. The molecule has 0 bridgehead atoms. The first-order valence-corrected chi connectivity index (χ1v) is 9.59. The molecule has 0 fully saturated rings. The number of sulfonamides is 1. The zero-order valence-corrected chi connectivity index (χ0v) is 15.4. The fourth-order valence-electron chi connectivity index (χ4n) is 2.40. The summed E-state index contributed by atoms with van der Waals surface area (Å²) >= 11 is 3.19. The molecule has 2 aromatic rings. The van der Waals surface area contributed by atoms with Crippen LogP contribution in [0.3, 0.4) is 0 Å². The minimum atomic E-state index is -4.05. The second-order valence-corrected chi connectivity index (χ2v) is 7.59. The Morgan fingerprint density at radius 1 is 1.42 bits per heavy atom. The van der Waals surface area contributed by atoms with E-state index in [4.69, 9.17) is 15.6 Å². The molecule has 0 saturated heterocycles. The number of alkyl halides is 1. The van der Waals surface area contributed by atoms with Crippen LogP contribution in [0, 0.1) is 0 Å². The van der Waals surface area contributed by atoms with Crippen LogP contribution in [0.4, 0.5) is 0 Å². The molecule has 10 heteroatoms. The maximum atomic E-state index is 13.0. The molecule has 0 aliphatic heterocycles. The van der Waals surface area contributed by atoms with Crippen LogP contribution < -0.4 is 10.5 Å². The van der Waals surface area contributed by atoms with Crippen molar-refractivity contribution in [2.75, 3.05) is 32.1 Å². The first-order valence-electron chi connectivity index (χ1n) is 7.03. The zero-order chi connectivity index (χ0) is 17.9. The fourth-order valence-corrected chi connectivity index (χ4v) is 4.83. The van der Waals surface area contributed by atoms with Crippen LogP contribution in [0.1, 0.15) is 10.5 Å². The van der Waals surface area contributed by atoms with Gasteiger partial charge in [0.15, 0.2) is 0 Å². The summed E-state index contributed by atoms with van der Waals surface area (Å²) in [6, 6.07) is 4.78. The van der Waals surface area contributed by atoms with Crippen molar-refractivity contribution >= 4 is 42.8 Å². The highest BCUT2D eigenvalue weighted by molar-refractivity contribution is 9.09. The van der Waals surface area contributed by atoms with E-state index < -0.39 is 15.9 Å². The number of ether oxygens (including phenoxy) is 1. The number of nitrogens with zero attached hydrogens (tertiary/aromatic N) is 1. The summed E-state index contributed by atoms with van der Waals surface area (Å²) in [4.78, 5) is 14.3. The molecule has 0 aliphatic carbocycles. The van der Waals surface area contributed by atoms with Crippen LogP contribution in [0.15, 0.2) is 23.1 Å². The molecule has 1 aromatic heterocycles. The van der Waals surface area contributed by atoms with Gasteiger partial charge in [-0.15, -0.1) is 0 Å². The molecule has 8 nitrogen and oxygen atoms in total. The summed E-state index contributed by atoms with van der Waals surface area (Å²) in [6.45, 7) is -0.301. The van der Waals surface area contributed by atoms with Crippen molar-refractivity contribution in [1.82, 2.24) is 9.29 Å². The molecule has 1 aromatic carbocycles. The van der Waals surface area contributed by atoms with Gasteiger partial charge in [0.25, 0.3) is 5.91 Å². The van der Waals surface area contributed by atoms with Crippen LogP contribution in [0.25, 0.3) is 10.9 Å². The van der Waals surface area contributed by atoms with Crippen molar-refractivity contribution in [3.8, 4) is 5.75 Å². The predicted octanol–water partition coefficient (Wildman–Crippen LogP) is 0.653. The number of fused-ring (bicyclic) bond motifs is 1. The van der Waals surface area contributed by atoms with E-state index in [0.717, 1.165) is 4.31 Å².